The first-order valence-corrected chi connectivity index (χ1v) is 12.0. The van der Waals surface area contributed by atoms with Gasteiger partial charge in [-0.25, -0.2) is 15.0 Å². The molecule has 3 heterocycles. The lowest BCUT2D eigenvalue weighted by Gasteiger charge is -2.22. The van der Waals surface area contributed by atoms with Crippen LogP contribution in [0.3, 0.4) is 0 Å². The number of fused-ring (bicyclic) bond motifs is 1. The number of aliphatic carboxylic acids is 1. The first-order valence-electron chi connectivity index (χ1n) is 11.6. The standard InChI is InChI=1S/C27H22ClN5O4/c1-15-2-4-16(5-3-15)21-12-20(32-33(21)22(34)10-11-23(35)36)25-24(17-6-8-18(28)9-7-17)19-13-29-14-30-26(19)31-27(25)37/h2-9,13-14,21H,10-12H2,1H3,(H,35,36)(H,29,30,31,37). The van der Waals surface area contributed by atoms with Gasteiger partial charge in [-0.05, 0) is 30.2 Å². The Hall–Kier alpha value is -4.37. The van der Waals surface area contributed by atoms with Crippen molar-refractivity contribution in [3.05, 3.63) is 93.1 Å². The molecule has 0 spiro atoms. The molecule has 0 bridgehead atoms. The molecule has 1 aliphatic heterocycles. The van der Waals surface area contributed by atoms with Gasteiger partial charge in [0.25, 0.3) is 5.56 Å². The minimum atomic E-state index is -1.07. The third-order valence-corrected chi connectivity index (χ3v) is 6.54. The average molecular weight is 516 g/mol. The van der Waals surface area contributed by atoms with Crippen LogP contribution in [0, 0.1) is 6.92 Å². The van der Waals surface area contributed by atoms with E-state index in [-0.39, 0.29) is 19.3 Å². The van der Waals surface area contributed by atoms with Crippen molar-refractivity contribution in [3.8, 4) is 11.1 Å². The van der Waals surface area contributed by atoms with Gasteiger partial charge in [0.15, 0.2) is 0 Å². The van der Waals surface area contributed by atoms with Crippen LogP contribution < -0.4 is 5.56 Å². The molecule has 0 fully saturated rings. The lowest BCUT2D eigenvalue weighted by atomic mass is 9.92. The number of aromatic nitrogens is 3. The van der Waals surface area contributed by atoms with Crippen LogP contribution in [0.25, 0.3) is 22.2 Å². The summed E-state index contributed by atoms with van der Waals surface area (Å²) in [6, 6.07) is 14.3. The number of aryl methyl sites for hydroxylation is 1. The fourth-order valence-corrected chi connectivity index (χ4v) is 4.62. The molecule has 5 rings (SSSR count). The Balaban J connectivity index is 1.68. The van der Waals surface area contributed by atoms with Gasteiger partial charge >= 0.3 is 5.97 Å². The largest absolute Gasteiger partial charge is 0.481 e. The van der Waals surface area contributed by atoms with Gasteiger partial charge in [0.2, 0.25) is 5.91 Å². The zero-order chi connectivity index (χ0) is 26.1. The fraction of sp³-hybridized carbons (Fsp3) is 0.185. The molecule has 1 aliphatic rings. The molecule has 1 atom stereocenters. The van der Waals surface area contributed by atoms with Gasteiger partial charge in [0.1, 0.15) is 12.0 Å². The Bertz CT molecular complexity index is 1600. The summed E-state index contributed by atoms with van der Waals surface area (Å²) < 4.78 is 0. The molecule has 9 nitrogen and oxygen atoms in total. The van der Waals surface area contributed by atoms with Crippen LogP contribution in [-0.4, -0.2) is 42.7 Å². The zero-order valence-electron chi connectivity index (χ0n) is 19.8. The number of rotatable bonds is 6. The summed E-state index contributed by atoms with van der Waals surface area (Å²) >= 11 is 6.12. The van der Waals surface area contributed by atoms with Gasteiger partial charge in [-0.3, -0.25) is 14.4 Å². The second-order valence-corrected chi connectivity index (χ2v) is 9.24. The van der Waals surface area contributed by atoms with E-state index >= 15 is 0 Å². The topological polar surface area (TPSA) is 129 Å². The number of amides is 1. The molecule has 0 radical (unpaired) electrons. The molecule has 1 amide bonds. The van der Waals surface area contributed by atoms with E-state index in [4.69, 9.17) is 16.7 Å². The number of benzene rings is 2. The van der Waals surface area contributed by atoms with E-state index in [0.29, 0.717) is 32.9 Å². The van der Waals surface area contributed by atoms with Gasteiger partial charge in [0.05, 0.1) is 23.7 Å². The van der Waals surface area contributed by atoms with E-state index in [1.807, 2.05) is 31.2 Å². The number of carbonyl (C=O) groups excluding carboxylic acids is 1. The normalized spacial score (nSPS) is 15.1. The molecule has 1 unspecified atom stereocenters. The number of carboxylic acids is 1. The second kappa shape index (κ2) is 9.94. The highest BCUT2D eigenvalue weighted by Crippen LogP contribution is 2.37. The van der Waals surface area contributed by atoms with E-state index in [0.717, 1.165) is 16.7 Å². The molecule has 0 saturated carbocycles. The molecule has 2 aromatic heterocycles. The maximum Gasteiger partial charge on any atom is 0.303 e. The quantitative estimate of drug-likeness (QED) is 0.389. The first kappa shape index (κ1) is 24.3. The number of H-pyrrole nitrogens is 1. The van der Waals surface area contributed by atoms with Crippen LogP contribution in [0.5, 0.6) is 0 Å². The smallest absolute Gasteiger partial charge is 0.303 e. The predicted molar refractivity (Wildman–Crippen MR) is 139 cm³/mol. The molecule has 4 aromatic rings. The van der Waals surface area contributed by atoms with Gasteiger partial charge < -0.3 is 10.1 Å². The third-order valence-electron chi connectivity index (χ3n) is 6.29. The Kier molecular flexibility index (Phi) is 6.54. The van der Waals surface area contributed by atoms with Crippen molar-refractivity contribution >= 4 is 40.2 Å². The Labute approximate surface area is 216 Å². The molecule has 37 heavy (non-hydrogen) atoms. The number of nitrogens with one attached hydrogen (secondary N) is 1. The molecule has 0 aliphatic carbocycles. The summed E-state index contributed by atoms with van der Waals surface area (Å²) in [4.78, 5) is 48.8. The van der Waals surface area contributed by atoms with Crippen molar-refractivity contribution < 1.29 is 14.7 Å². The van der Waals surface area contributed by atoms with Crippen molar-refractivity contribution in [2.24, 2.45) is 5.10 Å². The van der Waals surface area contributed by atoms with Crippen molar-refractivity contribution in [3.63, 3.8) is 0 Å². The van der Waals surface area contributed by atoms with Crippen molar-refractivity contribution in [2.75, 3.05) is 0 Å². The number of hydrogen-bond donors (Lipinski definition) is 2. The van der Waals surface area contributed by atoms with Gasteiger partial charge in [0, 0.05) is 35.0 Å². The summed E-state index contributed by atoms with van der Waals surface area (Å²) in [5, 5.41) is 16.2. The molecule has 10 heteroatoms. The van der Waals surface area contributed by atoms with Crippen LogP contribution in [0.4, 0.5) is 0 Å². The van der Waals surface area contributed by atoms with E-state index in [1.165, 1.54) is 11.3 Å². The highest BCUT2D eigenvalue weighted by molar-refractivity contribution is 6.30. The fourth-order valence-electron chi connectivity index (χ4n) is 4.49. The minimum absolute atomic E-state index is 0.208. The summed E-state index contributed by atoms with van der Waals surface area (Å²) in [6.07, 6.45) is 2.72. The molecule has 186 valence electrons. The number of nitrogens with zero attached hydrogens (tertiary/aromatic N) is 4. The molecular weight excluding hydrogens is 494 g/mol. The van der Waals surface area contributed by atoms with Crippen molar-refractivity contribution in [2.45, 2.75) is 32.2 Å². The van der Waals surface area contributed by atoms with E-state index in [9.17, 15) is 14.4 Å². The summed E-state index contributed by atoms with van der Waals surface area (Å²) in [5.41, 5.74) is 3.87. The van der Waals surface area contributed by atoms with Gasteiger partial charge in [-0.2, -0.15) is 5.10 Å². The summed E-state index contributed by atoms with van der Waals surface area (Å²) in [6.45, 7) is 1.96. The molecule has 0 saturated heterocycles. The zero-order valence-corrected chi connectivity index (χ0v) is 20.6. The highest BCUT2D eigenvalue weighted by atomic mass is 35.5. The first-order chi connectivity index (χ1) is 17.8. The van der Waals surface area contributed by atoms with Gasteiger partial charge in [-0.15, -0.1) is 0 Å². The maximum atomic E-state index is 13.5. The number of halogens is 1. The Morgan fingerprint density at radius 2 is 1.81 bits per heavy atom. The molecule has 2 aromatic carbocycles. The number of carboxylic acid groups (broad SMARTS) is 1. The van der Waals surface area contributed by atoms with E-state index < -0.39 is 23.5 Å². The van der Waals surface area contributed by atoms with Crippen molar-refractivity contribution in [1.29, 1.82) is 0 Å². The van der Waals surface area contributed by atoms with E-state index in [2.05, 4.69) is 20.1 Å². The summed E-state index contributed by atoms with van der Waals surface area (Å²) in [5.74, 6) is -1.50. The van der Waals surface area contributed by atoms with Crippen LogP contribution in [0.1, 0.15) is 42.0 Å². The second-order valence-electron chi connectivity index (χ2n) is 8.81. The monoisotopic (exact) mass is 515 g/mol. The number of carbonyl (C=O) groups is 2. The van der Waals surface area contributed by atoms with Gasteiger partial charge in [-0.1, -0.05) is 53.6 Å². The lowest BCUT2D eigenvalue weighted by molar-refractivity contribution is -0.141. The number of hydrogen-bond acceptors (Lipinski definition) is 6. The Morgan fingerprint density at radius 1 is 1.08 bits per heavy atom. The number of hydrazone groups is 1. The summed E-state index contributed by atoms with van der Waals surface area (Å²) in [7, 11) is 0. The third kappa shape index (κ3) is 4.85. The Morgan fingerprint density at radius 3 is 2.51 bits per heavy atom. The number of pyridine rings is 1. The van der Waals surface area contributed by atoms with Crippen LogP contribution >= 0.6 is 11.6 Å². The van der Waals surface area contributed by atoms with Crippen molar-refractivity contribution in [1.82, 2.24) is 20.0 Å². The molecular formula is C27H22ClN5O4. The number of aromatic amines is 1. The van der Waals surface area contributed by atoms with E-state index in [1.54, 1.807) is 30.5 Å². The SMILES string of the molecule is Cc1ccc(C2CC(c3c(-c4ccc(Cl)cc4)c4cncnc4[nH]c3=O)=NN2C(=O)CCC(=O)O)cc1. The highest BCUT2D eigenvalue weighted by Gasteiger charge is 2.35. The molecule has 2 N–H and O–H groups in total. The van der Waals surface area contributed by atoms with Crippen LogP contribution in [-0.2, 0) is 9.59 Å². The van der Waals surface area contributed by atoms with Crippen LogP contribution in [0.2, 0.25) is 5.02 Å². The van der Waals surface area contributed by atoms with Crippen LogP contribution in [0.15, 0.2) is 71.0 Å². The predicted octanol–water partition coefficient (Wildman–Crippen LogP) is 4.49. The minimum Gasteiger partial charge on any atom is -0.481 e. The maximum absolute atomic E-state index is 13.5. The average Bonchev–Trinajstić information content (AvgIpc) is 3.32. The lowest BCUT2D eigenvalue weighted by Crippen LogP contribution is -2.27.